The third-order valence-electron chi connectivity index (χ3n) is 7.74. The lowest BCUT2D eigenvalue weighted by molar-refractivity contribution is -0.145. The van der Waals surface area contributed by atoms with Crippen molar-refractivity contribution in [2.75, 3.05) is 17.2 Å². The molecule has 3 N–H and O–H groups in total. The molecule has 2 amide bonds. The van der Waals surface area contributed by atoms with E-state index < -0.39 is 37.0 Å². The zero-order valence-electron chi connectivity index (χ0n) is 21.6. The molecule has 0 saturated heterocycles. The van der Waals surface area contributed by atoms with Gasteiger partial charge in [-0.25, -0.2) is 17.6 Å². The van der Waals surface area contributed by atoms with Gasteiger partial charge >= 0.3 is 0 Å². The Morgan fingerprint density at radius 3 is 2.70 bits per heavy atom. The van der Waals surface area contributed by atoms with Crippen molar-refractivity contribution in [1.82, 2.24) is 29.9 Å². The minimum absolute atomic E-state index is 0. The first-order valence-electron chi connectivity index (χ1n) is 13.2. The van der Waals surface area contributed by atoms with Gasteiger partial charge in [0, 0.05) is 50.8 Å². The van der Waals surface area contributed by atoms with Gasteiger partial charge in [0.05, 0.1) is 5.56 Å². The Labute approximate surface area is 232 Å². The highest BCUT2D eigenvalue weighted by Gasteiger charge is 2.49. The molecule has 0 bridgehead atoms. The highest BCUT2D eigenvalue weighted by molar-refractivity contribution is 7.17. The molecule has 2 fully saturated rings. The Kier molecular flexibility index (Phi) is 6.79. The molecule has 3 aromatic heterocycles. The number of aryl methyl sites for hydroxylation is 2. The van der Waals surface area contributed by atoms with Crippen molar-refractivity contribution < 1.29 is 28.6 Å². The van der Waals surface area contributed by atoms with E-state index in [9.17, 15) is 27.2 Å². The third kappa shape index (κ3) is 5.30. The van der Waals surface area contributed by atoms with Crippen molar-refractivity contribution in [2.45, 2.75) is 63.3 Å². The largest absolute Gasteiger partial charge is 0.352 e. The molecule has 15 heteroatoms. The lowest BCUT2D eigenvalue weighted by Gasteiger charge is -2.33. The van der Waals surface area contributed by atoms with Crippen LogP contribution in [0, 0.1) is 11.8 Å². The molecule has 6 rings (SSSR count). The zero-order valence-corrected chi connectivity index (χ0v) is 22.4. The number of hydrogen-bond donors (Lipinski definition) is 3. The van der Waals surface area contributed by atoms with Gasteiger partial charge in [-0.1, -0.05) is 0 Å². The Morgan fingerprint density at radius 1 is 1.25 bits per heavy atom. The summed E-state index contributed by atoms with van der Waals surface area (Å²) < 4.78 is 56.1. The summed E-state index contributed by atoms with van der Waals surface area (Å²) in [5, 5.41) is 21.1. The van der Waals surface area contributed by atoms with Crippen molar-refractivity contribution in [3.63, 3.8) is 0 Å². The predicted molar refractivity (Wildman–Crippen MR) is 140 cm³/mol. The monoisotopic (exact) mass is 582 g/mol. The van der Waals surface area contributed by atoms with Gasteiger partial charge in [-0.05, 0) is 43.6 Å². The number of anilines is 3. The fraction of sp³-hybridized carbons (Fsp3) is 0.560. The van der Waals surface area contributed by atoms with E-state index in [0.29, 0.717) is 54.1 Å². The summed E-state index contributed by atoms with van der Waals surface area (Å²) in [7, 11) is 1.54. The van der Waals surface area contributed by atoms with Crippen LogP contribution in [0.5, 0.6) is 0 Å². The highest BCUT2D eigenvalue weighted by Crippen LogP contribution is 2.45. The molecule has 3 heterocycles. The average molecular weight is 583 g/mol. The Balaban J connectivity index is 0.00000337. The van der Waals surface area contributed by atoms with Gasteiger partial charge in [0.1, 0.15) is 22.8 Å². The number of carbonyl (C=O) groups is 2. The van der Waals surface area contributed by atoms with Crippen LogP contribution in [0.1, 0.15) is 72.5 Å². The van der Waals surface area contributed by atoms with E-state index in [2.05, 4.69) is 31.2 Å². The first-order valence-corrected chi connectivity index (χ1v) is 14.0. The molecular weight excluding hydrogens is 552 g/mol. The van der Waals surface area contributed by atoms with E-state index in [0.717, 1.165) is 23.3 Å². The predicted octanol–water partition coefficient (Wildman–Crippen LogP) is 4.85. The van der Waals surface area contributed by atoms with E-state index in [-0.39, 0.29) is 19.1 Å². The van der Waals surface area contributed by atoms with Gasteiger partial charge in [0.25, 0.3) is 12.3 Å². The van der Waals surface area contributed by atoms with Crippen LogP contribution in [0.4, 0.5) is 34.3 Å². The second-order valence-corrected chi connectivity index (χ2v) is 11.9. The maximum absolute atomic E-state index is 13.4. The standard InChI is InChI=1S/C25H28F4N8O2S.H2/c1-36-18(7-16(35-36)20(26)27)32-24-34-31-11-37(24)14-4-5-17-15(6-14)19(22(39)30-10-12-2-3-12)23(40-17)33-21(38)13-8-25(28,29)9-13;/h7,11-14,20H,2-6,8-10H2,1H3,(H,30,39)(H,32,34)(H,33,38);1H/t14-;/m0./s1. The molecule has 0 aliphatic heterocycles. The second kappa shape index (κ2) is 10.2. The van der Waals surface area contributed by atoms with Crippen molar-refractivity contribution >= 4 is 39.9 Å². The van der Waals surface area contributed by atoms with E-state index in [4.69, 9.17) is 0 Å². The number of fused-ring (bicyclic) bond motifs is 1. The fourth-order valence-electron chi connectivity index (χ4n) is 5.27. The van der Waals surface area contributed by atoms with Crippen LogP contribution >= 0.6 is 11.3 Å². The molecule has 10 nitrogen and oxygen atoms in total. The van der Waals surface area contributed by atoms with Crippen molar-refractivity contribution in [3.8, 4) is 0 Å². The summed E-state index contributed by atoms with van der Waals surface area (Å²) in [6.45, 7) is 0.542. The molecule has 0 spiro atoms. The summed E-state index contributed by atoms with van der Waals surface area (Å²) >= 11 is 1.31. The van der Waals surface area contributed by atoms with Gasteiger partial charge in [-0.2, -0.15) is 5.10 Å². The molecule has 0 unspecified atom stereocenters. The molecule has 3 aliphatic rings. The number of nitrogens with one attached hydrogen (secondary N) is 3. The number of hydrogen-bond acceptors (Lipinski definition) is 7. The van der Waals surface area contributed by atoms with Gasteiger partial charge in [0.15, 0.2) is 0 Å². The second-order valence-electron chi connectivity index (χ2n) is 10.8. The maximum atomic E-state index is 13.4. The summed E-state index contributed by atoms with van der Waals surface area (Å²) in [6.07, 6.45) is 1.70. The highest BCUT2D eigenvalue weighted by atomic mass is 32.1. The first kappa shape index (κ1) is 26.7. The van der Waals surface area contributed by atoms with Gasteiger partial charge in [-0.15, -0.1) is 21.5 Å². The zero-order chi connectivity index (χ0) is 28.2. The summed E-state index contributed by atoms with van der Waals surface area (Å²) in [4.78, 5) is 27.1. The normalized spacial score (nSPS) is 20.2. The minimum atomic E-state index is -2.82. The van der Waals surface area contributed by atoms with Crippen LogP contribution in [0.2, 0.25) is 0 Å². The molecule has 1 atom stereocenters. The third-order valence-corrected chi connectivity index (χ3v) is 8.94. The van der Waals surface area contributed by atoms with E-state index in [1.807, 2.05) is 0 Å². The van der Waals surface area contributed by atoms with Gasteiger partial charge in [-0.3, -0.25) is 18.8 Å². The topological polar surface area (TPSA) is 119 Å². The van der Waals surface area contributed by atoms with Crippen molar-refractivity contribution in [1.29, 1.82) is 0 Å². The number of rotatable bonds is 9. The summed E-state index contributed by atoms with van der Waals surface area (Å²) in [6, 6.07) is 1.09. The molecular formula is C25H30F4N8O2S. The molecule has 0 radical (unpaired) electrons. The van der Waals surface area contributed by atoms with Crippen LogP contribution in [0.25, 0.3) is 0 Å². The SMILES string of the molecule is Cn1nc(C(F)F)cc1Nc1nncn1[C@H]1CCc2sc(NC(=O)C3CC(F)(F)C3)c(C(=O)NCC3CC3)c2C1.[HH]. The molecule has 216 valence electrons. The smallest absolute Gasteiger partial charge is 0.282 e. The molecule has 40 heavy (non-hydrogen) atoms. The number of amides is 2. The Morgan fingerprint density at radius 2 is 2.02 bits per heavy atom. The Hall–Kier alpha value is -3.49. The summed E-state index contributed by atoms with van der Waals surface area (Å²) in [5.41, 5.74) is 0.809. The van der Waals surface area contributed by atoms with Gasteiger partial charge in [0.2, 0.25) is 17.8 Å². The van der Waals surface area contributed by atoms with Crippen LogP contribution in [0.15, 0.2) is 12.4 Å². The van der Waals surface area contributed by atoms with Crippen molar-refractivity contribution in [2.24, 2.45) is 18.9 Å². The average Bonchev–Trinajstić information content (AvgIpc) is 3.30. The van der Waals surface area contributed by atoms with Crippen LogP contribution in [0.3, 0.4) is 0 Å². The molecule has 3 aliphatic carbocycles. The number of alkyl halides is 4. The molecule has 2 saturated carbocycles. The number of nitrogens with zero attached hydrogens (tertiary/aromatic N) is 5. The van der Waals surface area contributed by atoms with Crippen LogP contribution < -0.4 is 16.0 Å². The number of aromatic nitrogens is 5. The van der Waals surface area contributed by atoms with Crippen molar-refractivity contribution in [3.05, 3.63) is 34.1 Å². The molecule has 0 aromatic carbocycles. The summed E-state index contributed by atoms with van der Waals surface area (Å²) in [5.74, 6) is -3.29. The lowest BCUT2D eigenvalue weighted by atomic mass is 9.81. The lowest BCUT2D eigenvalue weighted by Crippen LogP contribution is -2.42. The van der Waals surface area contributed by atoms with Crippen LogP contribution in [-0.2, 0) is 24.7 Å². The maximum Gasteiger partial charge on any atom is 0.282 e. The number of thiophene rings is 1. The fourth-order valence-corrected chi connectivity index (χ4v) is 6.51. The van der Waals surface area contributed by atoms with E-state index in [1.54, 1.807) is 17.9 Å². The first-order chi connectivity index (χ1) is 19.1. The number of carbonyl (C=O) groups excluding carboxylic acids is 2. The van der Waals surface area contributed by atoms with Crippen LogP contribution in [-0.4, -0.2) is 48.8 Å². The molecule has 3 aromatic rings. The number of halogens is 4. The quantitative estimate of drug-likeness (QED) is 0.311. The minimum Gasteiger partial charge on any atom is -0.352 e. The van der Waals surface area contributed by atoms with E-state index in [1.165, 1.54) is 22.1 Å². The Bertz CT molecular complexity index is 1450. The van der Waals surface area contributed by atoms with Gasteiger partial charge < -0.3 is 16.0 Å². The van der Waals surface area contributed by atoms with E-state index >= 15 is 0 Å².